The lowest BCUT2D eigenvalue weighted by Crippen LogP contribution is -2.21. The van der Waals surface area contributed by atoms with Crippen LogP contribution in [0.2, 0.25) is 10.0 Å². The van der Waals surface area contributed by atoms with E-state index in [1.165, 1.54) is 5.56 Å². The highest BCUT2D eigenvalue weighted by Crippen LogP contribution is 2.31. The molecule has 0 radical (unpaired) electrons. The molecule has 0 spiro atoms. The van der Waals surface area contributed by atoms with E-state index in [-0.39, 0.29) is 6.04 Å². The standard InChI is InChI=1S/C15H16Cl2N2/c1-10-5-7-11(8-6-10)19-14(9-18)15-12(16)3-2-4-13(15)17/h2-8,14,19H,9,18H2,1H3. The topological polar surface area (TPSA) is 38.0 Å². The van der Waals surface area contributed by atoms with Crippen LogP contribution in [0.5, 0.6) is 0 Å². The van der Waals surface area contributed by atoms with Gasteiger partial charge in [-0.05, 0) is 31.2 Å². The van der Waals surface area contributed by atoms with Crippen LogP contribution in [0.3, 0.4) is 0 Å². The molecule has 100 valence electrons. The second kappa shape index (κ2) is 6.29. The number of rotatable bonds is 4. The lowest BCUT2D eigenvalue weighted by Gasteiger charge is -2.21. The Bertz CT molecular complexity index is 532. The van der Waals surface area contributed by atoms with Crippen molar-refractivity contribution in [3.63, 3.8) is 0 Å². The molecule has 4 heteroatoms. The number of aryl methyl sites for hydroxylation is 1. The van der Waals surface area contributed by atoms with Gasteiger partial charge >= 0.3 is 0 Å². The molecule has 0 bridgehead atoms. The lowest BCUT2D eigenvalue weighted by atomic mass is 10.1. The quantitative estimate of drug-likeness (QED) is 0.876. The molecule has 0 amide bonds. The number of nitrogens with one attached hydrogen (secondary N) is 1. The van der Waals surface area contributed by atoms with Gasteiger partial charge in [-0.15, -0.1) is 0 Å². The minimum atomic E-state index is -0.107. The fourth-order valence-electron chi connectivity index (χ4n) is 1.94. The van der Waals surface area contributed by atoms with E-state index < -0.39 is 0 Å². The summed E-state index contributed by atoms with van der Waals surface area (Å²) >= 11 is 12.4. The molecule has 0 aromatic heterocycles. The molecule has 0 saturated heterocycles. The van der Waals surface area contributed by atoms with E-state index in [9.17, 15) is 0 Å². The molecule has 19 heavy (non-hydrogen) atoms. The summed E-state index contributed by atoms with van der Waals surface area (Å²) in [5.41, 5.74) is 8.89. The fraction of sp³-hybridized carbons (Fsp3) is 0.200. The summed E-state index contributed by atoms with van der Waals surface area (Å²) < 4.78 is 0. The number of halogens is 2. The average Bonchev–Trinajstić information content (AvgIpc) is 2.39. The second-order valence-corrected chi connectivity index (χ2v) is 5.25. The van der Waals surface area contributed by atoms with Gasteiger partial charge in [-0.25, -0.2) is 0 Å². The van der Waals surface area contributed by atoms with Crippen molar-refractivity contribution < 1.29 is 0 Å². The van der Waals surface area contributed by atoms with Crippen LogP contribution in [0.4, 0.5) is 5.69 Å². The lowest BCUT2D eigenvalue weighted by molar-refractivity contribution is 0.790. The molecule has 0 aliphatic carbocycles. The van der Waals surface area contributed by atoms with Crippen LogP contribution in [0.15, 0.2) is 42.5 Å². The summed E-state index contributed by atoms with van der Waals surface area (Å²) in [4.78, 5) is 0. The van der Waals surface area contributed by atoms with E-state index in [1.54, 1.807) is 0 Å². The van der Waals surface area contributed by atoms with E-state index in [0.717, 1.165) is 11.3 Å². The zero-order valence-corrected chi connectivity index (χ0v) is 12.2. The van der Waals surface area contributed by atoms with Gasteiger partial charge in [-0.2, -0.15) is 0 Å². The van der Waals surface area contributed by atoms with E-state index in [1.807, 2.05) is 42.5 Å². The maximum Gasteiger partial charge on any atom is 0.0665 e. The maximum absolute atomic E-state index is 6.21. The molecule has 0 aliphatic heterocycles. The molecule has 1 unspecified atom stereocenters. The van der Waals surface area contributed by atoms with Gasteiger partial charge in [-0.3, -0.25) is 0 Å². The van der Waals surface area contributed by atoms with Gasteiger partial charge in [0.25, 0.3) is 0 Å². The highest BCUT2D eigenvalue weighted by Gasteiger charge is 2.16. The van der Waals surface area contributed by atoms with E-state index >= 15 is 0 Å². The van der Waals surface area contributed by atoms with Crippen LogP contribution in [0, 0.1) is 6.92 Å². The van der Waals surface area contributed by atoms with Crippen molar-refractivity contribution in [2.24, 2.45) is 5.73 Å². The molecular formula is C15H16Cl2N2. The first kappa shape index (κ1) is 14.2. The largest absolute Gasteiger partial charge is 0.377 e. The summed E-state index contributed by atoms with van der Waals surface area (Å²) in [6.45, 7) is 2.46. The predicted molar refractivity (Wildman–Crippen MR) is 83.1 cm³/mol. The highest BCUT2D eigenvalue weighted by atomic mass is 35.5. The van der Waals surface area contributed by atoms with Crippen molar-refractivity contribution >= 4 is 28.9 Å². The average molecular weight is 295 g/mol. The molecule has 2 aromatic carbocycles. The smallest absolute Gasteiger partial charge is 0.0665 e. The molecule has 1 atom stereocenters. The Morgan fingerprint density at radius 1 is 1.05 bits per heavy atom. The van der Waals surface area contributed by atoms with Crippen LogP contribution in [-0.2, 0) is 0 Å². The van der Waals surface area contributed by atoms with Crippen LogP contribution >= 0.6 is 23.2 Å². The summed E-state index contributed by atoms with van der Waals surface area (Å²) in [5, 5.41) is 4.61. The van der Waals surface area contributed by atoms with Crippen molar-refractivity contribution in [3.05, 3.63) is 63.6 Å². The molecule has 0 saturated carbocycles. The van der Waals surface area contributed by atoms with Crippen molar-refractivity contribution in [1.82, 2.24) is 0 Å². The van der Waals surface area contributed by atoms with Gasteiger partial charge in [-0.1, -0.05) is 47.0 Å². The van der Waals surface area contributed by atoms with Gasteiger partial charge in [0.2, 0.25) is 0 Å². The third kappa shape index (κ3) is 3.41. The Kier molecular flexibility index (Phi) is 4.70. The van der Waals surface area contributed by atoms with E-state index in [0.29, 0.717) is 16.6 Å². The Labute approximate surface area is 123 Å². The Morgan fingerprint density at radius 3 is 2.16 bits per heavy atom. The first-order valence-corrected chi connectivity index (χ1v) is 6.84. The van der Waals surface area contributed by atoms with Crippen LogP contribution in [0.25, 0.3) is 0 Å². The normalized spacial score (nSPS) is 12.2. The predicted octanol–water partition coefficient (Wildman–Crippen LogP) is 4.41. The summed E-state index contributed by atoms with van der Waals surface area (Å²) in [6.07, 6.45) is 0. The van der Waals surface area contributed by atoms with Crippen molar-refractivity contribution in [1.29, 1.82) is 0 Å². The minimum Gasteiger partial charge on any atom is -0.377 e. The van der Waals surface area contributed by atoms with Gasteiger partial charge in [0.1, 0.15) is 0 Å². The van der Waals surface area contributed by atoms with Crippen LogP contribution in [-0.4, -0.2) is 6.54 Å². The summed E-state index contributed by atoms with van der Waals surface area (Å²) in [5.74, 6) is 0. The number of hydrogen-bond acceptors (Lipinski definition) is 2. The minimum absolute atomic E-state index is 0.107. The molecule has 3 N–H and O–H groups in total. The third-order valence-corrected chi connectivity index (χ3v) is 3.64. The van der Waals surface area contributed by atoms with Crippen LogP contribution < -0.4 is 11.1 Å². The zero-order valence-electron chi connectivity index (χ0n) is 10.7. The van der Waals surface area contributed by atoms with Crippen molar-refractivity contribution in [2.45, 2.75) is 13.0 Å². The number of hydrogen-bond donors (Lipinski definition) is 2. The van der Waals surface area contributed by atoms with Gasteiger partial charge in [0, 0.05) is 27.8 Å². The molecule has 2 nitrogen and oxygen atoms in total. The molecular weight excluding hydrogens is 279 g/mol. The molecule has 2 rings (SSSR count). The maximum atomic E-state index is 6.21. The molecule has 0 aliphatic rings. The highest BCUT2D eigenvalue weighted by molar-refractivity contribution is 6.36. The number of anilines is 1. The first-order chi connectivity index (χ1) is 9.11. The van der Waals surface area contributed by atoms with Gasteiger partial charge < -0.3 is 11.1 Å². The molecule has 0 heterocycles. The van der Waals surface area contributed by atoms with Gasteiger partial charge in [0.05, 0.1) is 6.04 Å². The summed E-state index contributed by atoms with van der Waals surface area (Å²) in [7, 11) is 0. The second-order valence-electron chi connectivity index (χ2n) is 4.43. The Hall–Kier alpha value is -1.22. The SMILES string of the molecule is Cc1ccc(NC(CN)c2c(Cl)cccc2Cl)cc1. The molecule has 0 fully saturated rings. The van der Waals surface area contributed by atoms with Crippen LogP contribution in [0.1, 0.15) is 17.2 Å². The van der Waals surface area contributed by atoms with E-state index in [4.69, 9.17) is 28.9 Å². The first-order valence-electron chi connectivity index (χ1n) is 6.09. The third-order valence-electron chi connectivity index (χ3n) is 2.98. The Morgan fingerprint density at radius 2 is 1.63 bits per heavy atom. The fourth-order valence-corrected chi connectivity index (χ4v) is 2.60. The van der Waals surface area contributed by atoms with Crippen molar-refractivity contribution in [2.75, 3.05) is 11.9 Å². The van der Waals surface area contributed by atoms with Gasteiger partial charge in [0.15, 0.2) is 0 Å². The number of benzene rings is 2. The zero-order chi connectivity index (χ0) is 13.8. The monoisotopic (exact) mass is 294 g/mol. The number of nitrogens with two attached hydrogens (primary N) is 1. The molecule has 2 aromatic rings. The van der Waals surface area contributed by atoms with E-state index in [2.05, 4.69) is 12.2 Å². The Balaban J connectivity index is 2.27. The summed E-state index contributed by atoms with van der Waals surface area (Å²) in [6, 6.07) is 13.5. The van der Waals surface area contributed by atoms with Crippen molar-refractivity contribution in [3.8, 4) is 0 Å².